The van der Waals surface area contributed by atoms with Gasteiger partial charge in [0, 0.05) is 37.0 Å². The highest BCUT2D eigenvalue weighted by atomic mass is 19.1. The molecule has 1 aliphatic heterocycles. The lowest BCUT2D eigenvalue weighted by Crippen LogP contribution is -2.55. The maximum Gasteiger partial charge on any atom is 0.334 e. The number of hydrogen-bond donors (Lipinski definition) is 3. The number of aromatic amines is 1. The number of carbonyl (C=O) groups is 3. The van der Waals surface area contributed by atoms with E-state index >= 15 is 0 Å². The van der Waals surface area contributed by atoms with Crippen molar-refractivity contribution in [1.82, 2.24) is 15.2 Å². The SMILES string of the molecule is CC(=O)N[C@H](Cc1c[nH]c2cc(F)ccc12)C(=O)N1CCO[C@H](C(=O)O)C1. The number of morpholine rings is 1. The van der Waals surface area contributed by atoms with Crippen LogP contribution in [0.4, 0.5) is 4.39 Å². The van der Waals surface area contributed by atoms with Crippen LogP contribution in [0.3, 0.4) is 0 Å². The number of nitrogens with zero attached hydrogens (tertiary/aromatic N) is 1. The highest BCUT2D eigenvalue weighted by Gasteiger charge is 2.33. The summed E-state index contributed by atoms with van der Waals surface area (Å²) in [5, 5.41) is 12.5. The molecule has 1 aromatic heterocycles. The van der Waals surface area contributed by atoms with Gasteiger partial charge >= 0.3 is 5.97 Å². The van der Waals surface area contributed by atoms with Crippen LogP contribution in [0.1, 0.15) is 12.5 Å². The van der Waals surface area contributed by atoms with Gasteiger partial charge in [0.25, 0.3) is 0 Å². The molecule has 8 nitrogen and oxygen atoms in total. The summed E-state index contributed by atoms with van der Waals surface area (Å²) in [6.07, 6.45) is 0.779. The van der Waals surface area contributed by atoms with Gasteiger partial charge in [-0.05, 0) is 23.8 Å². The zero-order valence-corrected chi connectivity index (χ0v) is 14.7. The molecule has 144 valence electrons. The smallest absolute Gasteiger partial charge is 0.334 e. The standard InChI is InChI=1S/C18H20FN3O5/c1-10(23)21-15(17(24)22-4-5-27-16(9-22)18(25)26)6-11-8-20-14-7-12(19)2-3-13(11)14/h2-3,7-8,15-16,20H,4-6,9H2,1H3,(H,21,23)(H,25,26)/t15-,16+/m1/s1. The molecule has 2 amide bonds. The summed E-state index contributed by atoms with van der Waals surface area (Å²) in [4.78, 5) is 40.0. The Labute approximate surface area is 154 Å². The predicted octanol–water partition coefficient (Wildman–Crippen LogP) is 0.666. The largest absolute Gasteiger partial charge is 0.479 e. The fourth-order valence-electron chi connectivity index (χ4n) is 3.21. The van der Waals surface area contributed by atoms with E-state index in [0.29, 0.717) is 5.52 Å². The summed E-state index contributed by atoms with van der Waals surface area (Å²) in [5.74, 6) is -2.26. The number of nitrogens with one attached hydrogen (secondary N) is 2. The number of hydrogen-bond acceptors (Lipinski definition) is 4. The minimum absolute atomic E-state index is 0.0800. The molecule has 3 rings (SSSR count). The fraction of sp³-hybridized carbons (Fsp3) is 0.389. The quantitative estimate of drug-likeness (QED) is 0.709. The van der Waals surface area contributed by atoms with Crippen molar-refractivity contribution in [1.29, 1.82) is 0 Å². The highest BCUT2D eigenvalue weighted by Crippen LogP contribution is 2.21. The third-order valence-corrected chi connectivity index (χ3v) is 4.48. The summed E-state index contributed by atoms with van der Waals surface area (Å²) in [6.45, 7) is 1.59. The topological polar surface area (TPSA) is 112 Å². The van der Waals surface area contributed by atoms with Gasteiger partial charge in [0.2, 0.25) is 11.8 Å². The first kappa shape index (κ1) is 18.8. The molecule has 1 saturated heterocycles. The van der Waals surface area contributed by atoms with Gasteiger partial charge < -0.3 is 25.0 Å². The number of fused-ring (bicyclic) bond motifs is 1. The Hall–Kier alpha value is -2.94. The van der Waals surface area contributed by atoms with Crippen LogP contribution in [-0.4, -0.2) is 64.6 Å². The monoisotopic (exact) mass is 377 g/mol. The molecule has 27 heavy (non-hydrogen) atoms. The van der Waals surface area contributed by atoms with Crippen LogP contribution in [0.5, 0.6) is 0 Å². The first-order valence-corrected chi connectivity index (χ1v) is 8.51. The highest BCUT2D eigenvalue weighted by molar-refractivity contribution is 5.89. The summed E-state index contributed by atoms with van der Waals surface area (Å²) in [6, 6.07) is 3.43. The third kappa shape index (κ3) is 4.25. The zero-order valence-electron chi connectivity index (χ0n) is 14.7. The second-order valence-electron chi connectivity index (χ2n) is 6.44. The van der Waals surface area contributed by atoms with Gasteiger partial charge in [-0.15, -0.1) is 0 Å². The van der Waals surface area contributed by atoms with Gasteiger partial charge in [0.1, 0.15) is 11.9 Å². The molecule has 9 heteroatoms. The number of aliphatic carboxylic acids is 1. The Morgan fingerprint density at radius 2 is 2.22 bits per heavy atom. The maximum atomic E-state index is 13.4. The van der Waals surface area contributed by atoms with E-state index in [9.17, 15) is 18.8 Å². The lowest BCUT2D eigenvalue weighted by Gasteiger charge is -2.33. The van der Waals surface area contributed by atoms with E-state index in [1.807, 2.05) is 0 Å². The number of carboxylic acid groups (broad SMARTS) is 1. The summed E-state index contributed by atoms with van der Waals surface area (Å²) >= 11 is 0. The van der Waals surface area contributed by atoms with E-state index in [1.165, 1.54) is 24.0 Å². The molecule has 0 unspecified atom stereocenters. The van der Waals surface area contributed by atoms with Crippen molar-refractivity contribution in [2.75, 3.05) is 19.7 Å². The number of H-pyrrole nitrogens is 1. The molecule has 2 heterocycles. The van der Waals surface area contributed by atoms with Gasteiger partial charge in [0.15, 0.2) is 6.10 Å². The van der Waals surface area contributed by atoms with E-state index in [0.717, 1.165) is 10.9 Å². The van der Waals surface area contributed by atoms with Crippen molar-refractivity contribution >= 4 is 28.7 Å². The van der Waals surface area contributed by atoms with Crippen LogP contribution in [0.25, 0.3) is 10.9 Å². The van der Waals surface area contributed by atoms with Crippen LogP contribution in [0.15, 0.2) is 24.4 Å². The number of aromatic nitrogens is 1. The van der Waals surface area contributed by atoms with Crippen molar-refractivity contribution in [3.8, 4) is 0 Å². The molecule has 1 aliphatic rings. The zero-order chi connectivity index (χ0) is 19.6. The molecular weight excluding hydrogens is 357 g/mol. The number of rotatable bonds is 5. The average molecular weight is 377 g/mol. The van der Waals surface area contributed by atoms with E-state index < -0.39 is 18.1 Å². The van der Waals surface area contributed by atoms with Crippen LogP contribution < -0.4 is 5.32 Å². The van der Waals surface area contributed by atoms with E-state index in [2.05, 4.69) is 10.3 Å². The molecule has 0 radical (unpaired) electrons. The molecule has 2 atom stereocenters. The lowest BCUT2D eigenvalue weighted by atomic mass is 10.0. The van der Waals surface area contributed by atoms with E-state index in [4.69, 9.17) is 9.84 Å². The second kappa shape index (κ2) is 7.75. The van der Waals surface area contributed by atoms with Gasteiger partial charge in [-0.25, -0.2) is 9.18 Å². The Kier molecular flexibility index (Phi) is 5.41. The Balaban J connectivity index is 1.81. The Morgan fingerprint density at radius 1 is 1.44 bits per heavy atom. The van der Waals surface area contributed by atoms with Crippen molar-refractivity contribution in [2.45, 2.75) is 25.5 Å². The lowest BCUT2D eigenvalue weighted by molar-refractivity contribution is -0.160. The number of ether oxygens (including phenoxy) is 1. The van der Waals surface area contributed by atoms with Crippen LogP contribution >= 0.6 is 0 Å². The van der Waals surface area contributed by atoms with E-state index in [1.54, 1.807) is 12.3 Å². The number of halogens is 1. The Morgan fingerprint density at radius 3 is 2.93 bits per heavy atom. The van der Waals surface area contributed by atoms with Crippen LogP contribution in [0.2, 0.25) is 0 Å². The molecular formula is C18H20FN3O5. The van der Waals surface area contributed by atoms with Gasteiger partial charge in [0.05, 0.1) is 13.2 Å². The Bertz CT molecular complexity index is 881. The molecule has 3 N–H and O–H groups in total. The third-order valence-electron chi connectivity index (χ3n) is 4.48. The fourth-order valence-corrected chi connectivity index (χ4v) is 3.21. The van der Waals surface area contributed by atoms with Gasteiger partial charge in [-0.3, -0.25) is 9.59 Å². The van der Waals surface area contributed by atoms with Gasteiger partial charge in [-0.2, -0.15) is 0 Å². The molecule has 2 aromatic rings. The molecule has 0 saturated carbocycles. The summed E-state index contributed by atoms with van der Waals surface area (Å²) < 4.78 is 18.5. The summed E-state index contributed by atoms with van der Waals surface area (Å²) in [5.41, 5.74) is 1.34. The molecule has 1 aromatic carbocycles. The predicted molar refractivity (Wildman–Crippen MR) is 93.5 cm³/mol. The average Bonchev–Trinajstić information content (AvgIpc) is 3.02. The molecule has 1 fully saturated rings. The molecule has 0 bridgehead atoms. The minimum atomic E-state index is -1.14. The van der Waals surface area contributed by atoms with Crippen molar-refractivity contribution in [2.24, 2.45) is 0 Å². The number of carbonyl (C=O) groups excluding carboxylic acids is 2. The molecule has 0 spiro atoms. The summed E-state index contributed by atoms with van der Waals surface area (Å²) in [7, 11) is 0. The van der Waals surface area contributed by atoms with Crippen molar-refractivity contribution in [3.05, 3.63) is 35.8 Å². The number of amides is 2. The maximum absolute atomic E-state index is 13.4. The first-order valence-electron chi connectivity index (χ1n) is 8.51. The van der Waals surface area contributed by atoms with Gasteiger partial charge in [-0.1, -0.05) is 0 Å². The normalized spacial score (nSPS) is 18.3. The van der Waals surface area contributed by atoms with Crippen molar-refractivity contribution in [3.63, 3.8) is 0 Å². The number of carboxylic acids is 1. The number of benzene rings is 1. The van der Waals surface area contributed by atoms with Crippen molar-refractivity contribution < 1.29 is 28.6 Å². The second-order valence-corrected chi connectivity index (χ2v) is 6.44. The first-order chi connectivity index (χ1) is 12.8. The van der Waals surface area contributed by atoms with Crippen LogP contribution in [0, 0.1) is 5.82 Å². The minimum Gasteiger partial charge on any atom is -0.479 e. The van der Waals surface area contributed by atoms with Crippen LogP contribution in [-0.2, 0) is 25.5 Å². The molecule has 0 aliphatic carbocycles. The van der Waals surface area contributed by atoms with E-state index in [-0.39, 0.29) is 43.7 Å².